The normalized spacial score (nSPS) is 12.2. The fourth-order valence-corrected chi connectivity index (χ4v) is 2.78. The lowest BCUT2D eigenvalue weighted by molar-refractivity contribution is 0.282. The molecule has 2 nitrogen and oxygen atoms in total. The maximum Gasteiger partial charge on any atom is 0.0431 e. The molecule has 0 aliphatic rings. The lowest BCUT2D eigenvalue weighted by Gasteiger charge is -2.17. The minimum Gasteiger partial charge on any atom is -0.396 e. The van der Waals surface area contributed by atoms with Gasteiger partial charge in [0.25, 0.3) is 0 Å². The molecule has 0 saturated carbocycles. The van der Waals surface area contributed by atoms with E-state index in [2.05, 4.69) is 41.4 Å². The third kappa shape index (κ3) is 5.31. The van der Waals surface area contributed by atoms with E-state index in [4.69, 9.17) is 5.11 Å². The lowest BCUT2D eigenvalue weighted by Crippen LogP contribution is -2.01. The summed E-state index contributed by atoms with van der Waals surface area (Å²) < 4.78 is 0. The second-order valence-corrected chi connectivity index (χ2v) is 5.53. The van der Waals surface area contributed by atoms with Crippen molar-refractivity contribution in [3.63, 3.8) is 0 Å². The molecule has 0 radical (unpaired) electrons. The first-order valence-electron chi connectivity index (χ1n) is 7.97. The van der Waals surface area contributed by atoms with Gasteiger partial charge in [-0.1, -0.05) is 62.1 Å². The number of unbranched alkanes of at least 4 members (excludes halogenated alkanes) is 4. The number of hydrogen-bond acceptors (Lipinski definition) is 2. The summed E-state index contributed by atoms with van der Waals surface area (Å²) in [6.07, 6.45) is 10.7. The molecular formula is C19H25NO. The van der Waals surface area contributed by atoms with Gasteiger partial charge in [0.1, 0.15) is 0 Å². The highest BCUT2D eigenvalue weighted by Crippen LogP contribution is 2.29. The van der Waals surface area contributed by atoms with Gasteiger partial charge < -0.3 is 5.11 Å². The van der Waals surface area contributed by atoms with Crippen LogP contribution < -0.4 is 0 Å². The highest BCUT2D eigenvalue weighted by Gasteiger charge is 2.13. The minimum atomic E-state index is 0.322. The van der Waals surface area contributed by atoms with Crippen LogP contribution in [0.15, 0.2) is 54.9 Å². The number of hydrogen-bond donors (Lipinski definition) is 1. The van der Waals surface area contributed by atoms with Crippen molar-refractivity contribution >= 4 is 0 Å². The summed E-state index contributed by atoms with van der Waals surface area (Å²) in [7, 11) is 0. The number of nitrogens with zero attached hydrogens (tertiary/aromatic N) is 1. The Kier molecular flexibility index (Phi) is 6.96. The molecule has 2 heteroatoms. The van der Waals surface area contributed by atoms with Crippen LogP contribution in [0, 0.1) is 0 Å². The van der Waals surface area contributed by atoms with Crippen molar-refractivity contribution in [1.29, 1.82) is 0 Å². The number of aromatic nitrogens is 1. The molecule has 1 heterocycles. The average Bonchev–Trinajstić information content (AvgIpc) is 2.56. The van der Waals surface area contributed by atoms with E-state index in [-0.39, 0.29) is 0 Å². The number of aliphatic hydroxyl groups is 1. The van der Waals surface area contributed by atoms with E-state index in [9.17, 15) is 0 Å². The standard InChI is InChI=1S/C19H25NO/c21-15-8-3-1-2-7-13-19(17-10-5-4-6-11-17)18-12-9-14-20-16-18/h4-6,9-12,14,16,19,21H,1-3,7-8,13,15H2. The van der Waals surface area contributed by atoms with Gasteiger partial charge in [0.15, 0.2) is 0 Å². The molecule has 112 valence electrons. The van der Waals surface area contributed by atoms with Gasteiger partial charge in [-0.2, -0.15) is 0 Å². The van der Waals surface area contributed by atoms with Crippen molar-refractivity contribution in [2.24, 2.45) is 0 Å². The third-order valence-electron chi connectivity index (χ3n) is 3.94. The van der Waals surface area contributed by atoms with E-state index in [0.717, 1.165) is 19.3 Å². The summed E-state index contributed by atoms with van der Waals surface area (Å²) in [5, 5.41) is 8.80. The first-order valence-corrected chi connectivity index (χ1v) is 7.97. The molecule has 0 aliphatic carbocycles. The van der Waals surface area contributed by atoms with Gasteiger partial charge >= 0.3 is 0 Å². The second-order valence-electron chi connectivity index (χ2n) is 5.53. The Morgan fingerprint density at radius 3 is 2.24 bits per heavy atom. The summed E-state index contributed by atoms with van der Waals surface area (Å²) in [4.78, 5) is 4.27. The quantitative estimate of drug-likeness (QED) is 0.685. The number of pyridine rings is 1. The molecule has 0 saturated heterocycles. The van der Waals surface area contributed by atoms with Gasteiger partial charge in [-0.15, -0.1) is 0 Å². The SMILES string of the molecule is OCCCCCCCC(c1ccccc1)c1cccnc1. The molecule has 1 aromatic heterocycles. The van der Waals surface area contributed by atoms with Crippen molar-refractivity contribution in [3.8, 4) is 0 Å². The van der Waals surface area contributed by atoms with E-state index in [1.54, 1.807) is 0 Å². The van der Waals surface area contributed by atoms with Crippen LogP contribution in [0.5, 0.6) is 0 Å². The van der Waals surface area contributed by atoms with Crippen LogP contribution in [0.4, 0.5) is 0 Å². The van der Waals surface area contributed by atoms with Gasteiger partial charge in [0, 0.05) is 24.9 Å². The molecule has 0 aliphatic heterocycles. The predicted molar refractivity (Wildman–Crippen MR) is 87.3 cm³/mol. The molecule has 0 bridgehead atoms. The number of aliphatic hydroxyl groups excluding tert-OH is 1. The summed E-state index contributed by atoms with van der Waals surface area (Å²) in [5.74, 6) is 0.442. The van der Waals surface area contributed by atoms with Crippen molar-refractivity contribution in [2.75, 3.05) is 6.61 Å². The molecule has 0 amide bonds. The van der Waals surface area contributed by atoms with Gasteiger partial charge in [0.2, 0.25) is 0 Å². The first-order chi connectivity index (χ1) is 10.4. The van der Waals surface area contributed by atoms with Gasteiger partial charge in [-0.3, -0.25) is 4.98 Å². The fraction of sp³-hybridized carbons (Fsp3) is 0.421. The van der Waals surface area contributed by atoms with E-state index in [0.29, 0.717) is 12.5 Å². The molecule has 0 fully saturated rings. The number of rotatable bonds is 9. The highest BCUT2D eigenvalue weighted by atomic mass is 16.2. The molecule has 21 heavy (non-hydrogen) atoms. The molecule has 1 unspecified atom stereocenters. The van der Waals surface area contributed by atoms with Crippen molar-refractivity contribution in [2.45, 2.75) is 44.4 Å². The monoisotopic (exact) mass is 283 g/mol. The molecule has 2 aromatic rings. The van der Waals surface area contributed by atoms with Crippen LogP contribution in [0.2, 0.25) is 0 Å². The van der Waals surface area contributed by atoms with Crippen molar-refractivity contribution < 1.29 is 5.11 Å². The Morgan fingerprint density at radius 1 is 0.810 bits per heavy atom. The number of benzene rings is 1. The van der Waals surface area contributed by atoms with Crippen LogP contribution in [-0.2, 0) is 0 Å². The molecule has 1 atom stereocenters. The maximum atomic E-state index is 8.80. The smallest absolute Gasteiger partial charge is 0.0431 e. The summed E-state index contributed by atoms with van der Waals surface area (Å²) in [6.45, 7) is 0.322. The van der Waals surface area contributed by atoms with E-state index in [1.807, 2.05) is 18.5 Å². The summed E-state index contributed by atoms with van der Waals surface area (Å²) in [6, 6.07) is 14.9. The van der Waals surface area contributed by atoms with Crippen LogP contribution in [0.1, 0.15) is 55.6 Å². The molecular weight excluding hydrogens is 258 g/mol. The second kappa shape index (κ2) is 9.30. The van der Waals surface area contributed by atoms with E-state index >= 15 is 0 Å². The largest absolute Gasteiger partial charge is 0.396 e. The van der Waals surface area contributed by atoms with E-state index in [1.165, 1.54) is 30.4 Å². The summed E-state index contributed by atoms with van der Waals surface area (Å²) in [5.41, 5.74) is 2.68. The van der Waals surface area contributed by atoms with Crippen LogP contribution in [0.25, 0.3) is 0 Å². The minimum absolute atomic E-state index is 0.322. The maximum absolute atomic E-state index is 8.80. The van der Waals surface area contributed by atoms with Crippen molar-refractivity contribution in [1.82, 2.24) is 4.98 Å². The Balaban J connectivity index is 1.94. The zero-order valence-corrected chi connectivity index (χ0v) is 12.6. The zero-order valence-electron chi connectivity index (χ0n) is 12.6. The molecule has 1 N–H and O–H groups in total. The lowest BCUT2D eigenvalue weighted by atomic mass is 9.87. The highest BCUT2D eigenvalue weighted by molar-refractivity contribution is 5.30. The zero-order chi connectivity index (χ0) is 14.8. The molecule has 2 rings (SSSR count). The first kappa shape index (κ1) is 15.7. The van der Waals surface area contributed by atoms with Crippen molar-refractivity contribution in [3.05, 3.63) is 66.0 Å². The van der Waals surface area contributed by atoms with E-state index < -0.39 is 0 Å². The van der Waals surface area contributed by atoms with Crippen LogP contribution in [0.3, 0.4) is 0 Å². The predicted octanol–water partition coefficient (Wildman–Crippen LogP) is 4.55. The Morgan fingerprint density at radius 2 is 1.52 bits per heavy atom. The molecule has 1 aromatic carbocycles. The van der Waals surface area contributed by atoms with Gasteiger partial charge in [-0.25, -0.2) is 0 Å². The Hall–Kier alpha value is -1.67. The van der Waals surface area contributed by atoms with Crippen LogP contribution >= 0.6 is 0 Å². The third-order valence-corrected chi connectivity index (χ3v) is 3.94. The summed E-state index contributed by atoms with van der Waals surface area (Å²) >= 11 is 0. The van der Waals surface area contributed by atoms with Crippen LogP contribution in [-0.4, -0.2) is 16.7 Å². The van der Waals surface area contributed by atoms with Gasteiger partial charge in [-0.05, 0) is 30.0 Å². The fourth-order valence-electron chi connectivity index (χ4n) is 2.78. The Bertz CT molecular complexity index is 444. The topological polar surface area (TPSA) is 33.1 Å². The molecule has 0 spiro atoms. The van der Waals surface area contributed by atoms with Gasteiger partial charge in [0.05, 0.1) is 0 Å². The average molecular weight is 283 g/mol. The Labute approximate surface area is 127 Å².